The Morgan fingerprint density at radius 2 is 2.19 bits per heavy atom. The van der Waals surface area contributed by atoms with E-state index in [1.165, 1.54) is 35.9 Å². The van der Waals surface area contributed by atoms with Crippen molar-refractivity contribution in [1.82, 2.24) is 9.97 Å². The van der Waals surface area contributed by atoms with Crippen molar-refractivity contribution in [3.8, 4) is 0 Å². The van der Waals surface area contributed by atoms with Crippen LogP contribution in [-0.2, 0) is 0 Å². The zero-order valence-electron chi connectivity index (χ0n) is 8.40. The molecular weight excluding hydrogens is 229 g/mol. The molecule has 0 atom stereocenters. The van der Waals surface area contributed by atoms with Gasteiger partial charge in [0.1, 0.15) is 4.88 Å². The molecule has 0 aromatic carbocycles. The molecule has 0 spiro atoms. The molecule has 0 aliphatic carbocycles. The molecule has 16 heavy (non-hydrogen) atoms. The topological polar surface area (TPSA) is 54.9 Å². The van der Waals surface area contributed by atoms with Gasteiger partial charge in [0.15, 0.2) is 0 Å². The summed E-state index contributed by atoms with van der Waals surface area (Å²) in [6.45, 7) is 1.82. The first-order chi connectivity index (χ1) is 7.65. The average molecular weight is 237 g/mol. The van der Waals surface area contributed by atoms with Crippen molar-refractivity contribution in [2.75, 3.05) is 5.32 Å². The Hall–Kier alpha value is -1.82. The van der Waals surface area contributed by atoms with E-state index in [9.17, 15) is 9.18 Å². The van der Waals surface area contributed by atoms with Gasteiger partial charge in [0.2, 0.25) is 5.95 Å². The second kappa shape index (κ2) is 4.36. The van der Waals surface area contributed by atoms with Crippen LogP contribution in [0.2, 0.25) is 0 Å². The zero-order chi connectivity index (χ0) is 11.5. The van der Waals surface area contributed by atoms with Gasteiger partial charge in [-0.2, -0.15) is 4.39 Å². The predicted octanol–water partition coefficient (Wildman–Crippen LogP) is 2.24. The Kier molecular flexibility index (Phi) is 2.91. The van der Waals surface area contributed by atoms with Crippen LogP contribution in [0.25, 0.3) is 0 Å². The van der Waals surface area contributed by atoms with E-state index >= 15 is 0 Å². The second-order valence-electron chi connectivity index (χ2n) is 3.07. The molecule has 2 aromatic rings. The smallest absolute Gasteiger partial charge is 0.267 e. The van der Waals surface area contributed by atoms with Crippen molar-refractivity contribution in [2.45, 2.75) is 6.92 Å². The van der Waals surface area contributed by atoms with Gasteiger partial charge in [-0.05, 0) is 19.1 Å². The summed E-state index contributed by atoms with van der Waals surface area (Å²) in [5, 5.41) is 3.42. The third-order valence-corrected chi connectivity index (χ3v) is 2.74. The molecule has 0 aliphatic heterocycles. The van der Waals surface area contributed by atoms with Crippen LogP contribution >= 0.6 is 11.3 Å². The number of hydrogen-bond acceptors (Lipinski definition) is 4. The van der Waals surface area contributed by atoms with E-state index in [1.807, 2.05) is 6.92 Å². The largest absolute Gasteiger partial charge is 0.320 e. The Morgan fingerprint density at radius 3 is 2.75 bits per heavy atom. The van der Waals surface area contributed by atoms with Crippen LogP contribution in [-0.4, -0.2) is 15.9 Å². The van der Waals surface area contributed by atoms with Gasteiger partial charge in [-0.25, -0.2) is 9.97 Å². The maximum absolute atomic E-state index is 12.5. The van der Waals surface area contributed by atoms with Gasteiger partial charge in [-0.1, -0.05) is 0 Å². The molecule has 1 N–H and O–H groups in total. The van der Waals surface area contributed by atoms with E-state index in [4.69, 9.17) is 0 Å². The molecule has 0 saturated carbocycles. The van der Waals surface area contributed by atoms with Gasteiger partial charge >= 0.3 is 0 Å². The van der Waals surface area contributed by atoms with Gasteiger partial charge in [0.25, 0.3) is 5.91 Å². The lowest BCUT2D eigenvalue weighted by atomic mass is 10.4. The van der Waals surface area contributed by atoms with Crippen LogP contribution in [0.1, 0.15) is 14.7 Å². The Labute approximate surface area is 95.2 Å². The number of nitrogens with zero attached hydrogens (tertiary/aromatic N) is 2. The highest BCUT2D eigenvalue weighted by atomic mass is 32.1. The summed E-state index contributed by atoms with van der Waals surface area (Å²) in [5.74, 6) is -0.842. The first-order valence-corrected chi connectivity index (χ1v) is 5.32. The molecule has 1 amide bonds. The van der Waals surface area contributed by atoms with Gasteiger partial charge in [-0.15, -0.1) is 11.3 Å². The van der Waals surface area contributed by atoms with Crippen LogP contribution in [0.15, 0.2) is 24.5 Å². The van der Waals surface area contributed by atoms with Crippen LogP contribution in [0.5, 0.6) is 0 Å². The molecule has 0 bridgehead atoms. The van der Waals surface area contributed by atoms with E-state index in [0.29, 0.717) is 10.6 Å². The first kappa shape index (κ1) is 10.7. The normalized spacial score (nSPS) is 10.1. The van der Waals surface area contributed by atoms with Crippen molar-refractivity contribution in [3.05, 3.63) is 40.4 Å². The van der Waals surface area contributed by atoms with Crippen molar-refractivity contribution in [1.29, 1.82) is 0 Å². The average Bonchev–Trinajstić information content (AvgIpc) is 2.68. The van der Waals surface area contributed by atoms with Crippen LogP contribution < -0.4 is 5.32 Å². The van der Waals surface area contributed by atoms with E-state index in [-0.39, 0.29) is 5.91 Å². The molecule has 82 valence electrons. The van der Waals surface area contributed by atoms with Crippen molar-refractivity contribution in [2.24, 2.45) is 0 Å². The summed E-state index contributed by atoms with van der Waals surface area (Å²) in [4.78, 5) is 19.6. The van der Waals surface area contributed by atoms with Crippen molar-refractivity contribution >= 4 is 22.9 Å². The fourth-order valence-electron chi connectivity index (χ4n) is 1.11. The quantitative estimate of drug-likeness (QED) is 0.815. The molecule has 0 aliphatic rings. The number of halogens is 1. The number of carbonyl (C=O) groups is 1. The van der Waals surface area contributed by atoms with Gasteiger partial charge < -0.3 is 5.32 Å². The zero-order valence-corrected chi connectivity index (χ0v) is 9.21. The number of aryl methyl sites for hydroxylation is 1. The summed E-state index contributed by atoms with van der Waals surface area (Å²) >= 11 is 1.30. The minimum absolute atomic E-state index is 0.265. The van der Waals surface area contributed by atoms with Crippen LogP contribution in [0, 0.1) is 12.9 Å². The number of amides is 1. The summed E-state index contributed by atoms with van der Waals surface area (Å²) < 4.78 is 12.5. The van der Waals surface area contributed by atoms with E-state index in [1.54, 1.807) is 0 Å². The number of nitrogens with one attached hydrogen (secondary N) is 1. The standard InChI is InChI=1S/C10H8FN3OS/c1-6-12-5-8(16-6)10(15)14-7-2-3-9(11)13-4-7/h2-5H,1H3,(H,14,15). The lowest BCUT2D eigenvalue weighted by Crippen LogP contribution is -2.10. The SMILES string of the molecule is Cc1ncc(C(=O)Nc2ccc(F)nc2)s1. The molecule has 0 fully saturated rings. The Bertz CT molecular complexity index is 509. The second-order valence-corrected chi connectivity index (χ2v) is 4.30. The molecule has 4 nitrogen and oxygen atoms in total. The molecule has 2 heterocycles. The lowest BCUT2D eigenvalue weighted by molar-refractivity contribution is 0.103. The summed E-state index contributed by atoms with van der Waals surface area (Å²) in [6.07, 6.45) is 2.77. The van der Waals surface area contributed by atoms with E-state index in [0.717, 1.165) is 5.01 Å². The summed E-state index contributed by atoms with van der Waals surface area (Å²) in [7, 11) is 0. The summed E-state index contributed by atoms with van der Waals surface area (Å²) in [6, 6.07) is 2.64. The number of thiazole rings is 1. The molecule has 0 unspecified atom stereocenters. The third kappa shape index (κ3) is 2.40. The number of anilines is 1. The van der Waals surface area contributed by atoms with Crippen molar-refractivity contribution in [3.63, 3.8) is 0 Å². The number of hydrogen-bond donors (Lipinski definition) is 1. The molecule has 6 heteroatoms. The van der Waals surface area contributed by atoms with Gasteiger partial charge in [0, 0.05) is 0 Å². The first-order valence-electron chi connectivity index (χ1n) is 4.50. The number of carbonyl (C=O) groups excluding carboxylic acids is 1. The van der Waals surface area contributed by atoms with Crippen LogP contribution in [0.3, 0.4) is 0 Å². The van der Waals surface area contributed by atoms with Crippen LogP contribution in [0.4, 0.5) is 10.1 Å². The molecule has 2 rings (SSSR count). The fraction of sp³-hybridized carbons (Fsp3) is 0.100. The van der Waals surface area contributed by atoms with Crippen molar-refractivity contribution < 1.29 is 9.18 Å². The minimum Gasteiger partial charge on any atom is -0.320 e. The maximum Gasteiger partial charge on any atom is 0.267 e. The van der Waals surface area contributed by atoms with E-state index < -0.39 is 5.95 Å². The minimum atomic E-state index is -0.577. The maximum atomic E-state index is 12.5. The predicted molar refractivity (Wildman–Crippen MR) is 59.0 cm³/mol. The third-order valence-electron chi connectivity index (χ3n) is 1.83. The van der Waals surface area contributed by atoms with E-state index in [2.05, 4.69) is 15.3 Å². The summed E-state index contributed by atoms with van der Waals surface area (Å²) in [5.41, 5.74) is 0.456. The molecule has 0 radical (unpaired) electrons. The van der Waals surface area contributed by atoms with Gasteiger partial charge in [0.05, 0.1) is 23.1 Å². The highest BCUT2D eigenvalue weighted by Gasteiger charge is 2.09. The highest BCUT2D eigenvalue weighted by molar-refractivity contribution is 7.13. The highest BCUT2D eigenvalue weighted by Crippen LogP contribution is 2.14. The van der Waals surface area contributed by atoms with Gasteiger partial charge in [-0.3, -0.25) is 4.79 Å². The monoisotopic (exact) mass is 237 g/mol. The number of rotatable bonds is 2. The molecular formula is C10H8FN3OS. The lowest BCUT2D eigenvalue weighted by Gasteiger charge is -2.01. The number of aromatic nitrogens is 2. The molecule has 2 aromatic heterocycles. The Balaban J connectivity index is 2.10. The molecule has 0 saturated heterocycles. The fourth-order valence-corrected chi connectivity index (χ4v) is 1.78. The Morgan fingerprint density at radius 1 is 1.38 bits per heavy atom. The number of pyridine rings is 1.